The van der Waals surface area contributed by atoms with Crippen LogP contribution >= 0.6 is 0 Å². The number of hydrogen-bond donors (Lipinski definition) is 3. The largest absolute Gasteiger partial charge is 0.361 e. The molecule has 0 fully saturated rings. The number of likely N-dealkylation sites (N-methyl/N-ethyl adjacent to an activating group) is 1. The Balaban J connectivity index is 1.48. The number of sulfonamides is 1. The number of aryl methyl sites for hydroxylation is 2. The second-order valence-electron chi connectivity index (χ2n) is 12.5. The number of aromatic nitrogens is 1. The summed E-state index contributed by atoms with van der Waals surface area (Å²) < 4.78 is 27.5. The fourth-order valence-electron chi connectivity index (χ4n) is 6.08. The summed E-state index contributed by atoms with van der Waals surface area (Å²) in [4.78, 5) is 46.3. The van der Waals surface area contributed by atoms with Gasteiger partial charge in [-0.05, 0) is 60.7 Å². The van der Waals surface area contributed by atoms with Crippen molar-refractivity contribution in [3.05, 3.63) is 131 Å². The molecule has 0 bridgehead atoms. The molecule has 0 saturated carbocycles. The molecule has 0 aliphatic carbocycles. The Morgan fingerprint density at radius 3 is 2.10 bits per heavy atom. The van der Waals surface area contributed by atoms with Gasteiger partial charge in [-0.15, -0.1) is 0 Å². The Morgan fingerprint density at radius 1 is 0.796 bits per heavy atom. The highest BCUT2D eigenvalue weighted by Crippen LogP contribution is 2.23. The predicted molar refractivity (Wildman–Crippen MR) is 194 cm³/mol. The van der Waals surface area contributed by atoms with Crippen molar-refractivity contribution in [1.82, 2.24) is 19.9 Å². The highest BCUT2D eigenvalue weighted by molar-refractivity contribution is 7.90. The number of aromatic amines is 1. The van der Waals surface area contributed by atoms with Gasteiger partial charge in [0.1, 0.15) is 12.1 Å². The minimum Gasteiger partial charge on any atom is -0.361 e. The Labute approximate surface area is 287 Å². The maximum absolute atomic E-state index is 14.3. The second-order valence-corrected chi connectivity index (χ2v) is 14.3. The van der Waals surface area contributed by atoms with E-state index in [1.807, 2.05) is 98.8 Å². The van der Waals surface area contributed by atoms with Gasteiger partial charge in [-0.25, -0.2) is 8.42 Å². The van der Waals surface area contributed by atoms with Crippen LogP contribution in [0.4, 0.5) is 0 Å². The third kappa shape index (κ3) is 8.83. The molecular formula is C39H42N4O5S. The van der Waals surface area contributed by atoms with Crippen LogP contribution in [0.15, 0.2) is 103 Å². The zero-order chi connectivity index (χ0) is 35.1. The Bertz CT molecular complexity index is 2040. The number of H-pyrrole nitrogens is 1. The number of fused-ring (bicyclic) bond motifs is 1. The lowest BCUT2D eigenvalue weighted by molar-refractivity contribution is -0.130. The number of para-hydroxylation sites is 1. The summed E-state index contributed by atoms with van der Waals surface area (Å²) in [5.41, 5.74) is 6.72. The Morgan fingerprint density at radius 2 is 1.43 bits per heavy atom. The number of benzene rings is 4. The summed E-state index contributed by atoms with van der Waals surface area (Å²) in [6, 6.07) is 28.5. The number of carbonyl (C=O) groups is 3. The van der Waals surface area contributed by atoms with E-state index in [0.717, 1.165) is 44.3 Å². The van der Waals surface area contributed by atoms with Crippen molar-refractivity contribution in [2.24, 2.45) is 0 Å². The molecule has 4 aromatic carbocycles. The topological polar surface area (TPSA) is 128 Å². The quantitative estimate of drug-likeness (QED) is 0.147. The van der Waals surface area contributed by atoms with Crippen molar-refractivity contribution >= 4 is 38.6 Å². The highest BCUT2D eigenvalue weighted by atomic mass is 32.2. The number of nitrogens with one attached hydrogen (secondary N) is 3. The van der Waals surface area contributed by atoms with Gasteiger partial charge >= 0.3 is 0 Å². The van der Waals surface area contributed by atoms with Crippen molar-refractivity contribution in [3.8, 4) is 11.1 Å². The van der Waals surface area contributed by atoms with Crippen LogP contribution in [0.3, 0.4) is 0 Å². The first-order valence-electron chi connectivity index (χ1n) is 16.3. The highest BCUT2D eigenvalue weighted by Gasteiger charge is 2.33. The van der Waals surface area contributed by atoms with E-state index in [9.17, 15) is 22.8 Å². The molecule has 5 aromatic rings. The zero-order valence-electron chi connectivity index (χ0n) is 28.2. The molecule has 1 heterocycles. The number of nitrogens with zero attached hydrogens (tertiary/aromatic N) is 1. The van der Waals surface area contributed by atoms with Crippen LogP contribution in [0.1, 0.15) is 46.0 Å². The van der Waals surface area contributed by atoms with E-state index in [4.69, 9.17) is 0 Å². The average Bonchev–Trinajstić information content (AvgIpc) is 3.48. The van der Waals surface area contributed by atoms with Crippen LogP contribution < -0.4 is 10.0 Å². The van der Waals surface area contributed by atoms with Gasteiger partial charge < -0.3 is 15.2 Å². The van der Waals surface area contributed by atoms with Crippen molar-refractivity contribution in [3.63, 3.8) is 0 Å². The molecule has 3 amide bonds. The standard InChI is InChI=1S/C39H42N4O5S/c1-5-19-49(47,48)42-37(44)35(24-32-25-40-34-14-10-9-13-33(32)34)41-38(45)36(43(4)39(46)31-21-26(2)20-27(3)22-31)23-28-15-17-30(18-16-28)29-11-7-6-8-12-29/h6-18,20-22,25,35-36,40H,5,19,23-24H2,1-4H3,(H,41,45)(H,42,44)/t35-,36+/m0/s1. The molecule has 9 nitrogen and oxygen atoms in total. The van der Waals surface area contributed by atoms with Crippen LogP contribution in [0.2, 0.25) is 0 Å². The maximum atomic E-state index is 14.3. The lowest BCUT2D eigenvalue weighted by Crippen LogP contribution is -2.56. The van der Waals surface area contributed by atoms with E-state index in [-0.39, 0.29) is 24.5 Å². The molecule has 254 valence electrons. The van der Waals surface area contributed by atoms with Crippen molar-refractivity contribution in [2.45, 2.75) is 52.1 Å². The fraction of sp³-hybridized carbons (Fsp3) is 0.256. The predicted octanol–water partition coefficient (Wildman–Crippen LogP) is 5.72. The van der Waals surface area contributed by atoms with Crippen molar-refractivity contribution < 1.29 is 22.8 Å². The first kappa shape index (κ1) is 35.1. The molecule has 0 aliphatic rings. The van der Waals surface area contributed by atoms with Gasteiger partial charge in [0.15, 0.2) is 0 Å². The van der Waals surface area contributed by atoms with Crippen LogP contribution in [0.25, 0.3) is 22.0 Å². The molecule has 0 radical (unpaired) electrons. The van der Waals surface area contributed by atoms with Crippen LogP contribution in [-0.4, -0.2) is 60.9 Å². The molecule has 3 N–H and O–H groups in total. The molecule has 0 saturated heterocycles. The van der Waals surface area contributed by atoms with Gasteiger partial charge in [0.2, 0.25) is 15.9 Å². The number of carbonyl (C=O) groups excluding carboxylic acids is 3. The van der Waals surface area contributed by atoms with Gasteiger partial charge in [-0.1, -0.05) is 96.9 Å². The number of rotatable bonds is 13. The first-order chi connectivity index (χ1) is 23.4. The smallest absolute Gasteiger partial charge is 0.256 e. The fourth-order valence-corrected chi connectivity index (χ4v) is 7.17. The maximum Gasteiger partial charge on any atom is 0.256 e. The van der Waals surface area contributed by atoms with Gasteiger partial charge in [-0.3, -0.25) is 19.1 Å². The molecule has 49 heavy (non-hydrogen) atoms. The molecule has 5 rings (SSSR count). The van der Waals surface area contributed by atoms with Crippen LogP contribution in [0, 0.1) is 13.8 Å². The normalized spacial score (nSPS) is 12.7. The van der Waals surface area contributed by atoms with Crippen molar-refractivity contribution in [2.75, 3.05) is 12.8 Å². The third-order valence-electron chi connectivity index (χ3n) is 8.51. The summed E-state index contributed by atoms with van der Waals surface area (Å²) in [5, 5.41) is 3.68. The van der Waals surface area contributed by atoms with E-state index in [1.165, 1.54) is 4.90 Å². The van der Waals surface area contributed by atoms with Crippen molar-refractivity contribution in [1.29, 1.82) is 0 Å². The van der Waals surface area contributed by atoms with E-state index >= 15 is 0 Å². The third-order valence-corrected chi connectivity index (χ3v) is 9.97. The Hall–Kier alpha value is -5.22. The van der Waals surface area contributed by atoms with E-state index < -0.39 is 33.9 Å². The van der Waals surface area contributed by atoms with Gasteiger partial charge in [0.25, 0.3) is 11.8 Å². The first-order valence-corrected chi connectivity index (χ1v) is 18.0. The average molecular weight is 679 g/mol. The molecule has 0 aliphatic heterocycles. The van der Waals surface area contributed by atoms with Crippen LogP contribution in [0.5, 0.6) is 0 Å². The number of amides is 3. The summed E-state index contributed by atoms with van der Waals surface area (Å²) in [6.07, 6.45) is 2.25. The summed E-state index contributed by atoms with van der Waals surface area (Å²) in [5.74, 6) is -2.01. The molecule has 2 atom stereocenters. The number of hydrogen-bond acceptors (Lipinski definition) is 5. The monoisotopic (exact) mass is 678 g/mol. The van der Waals surface area contributed by atoms with Gasteiger partial charge in [0.05, 0.1) is 5.75 Å². The van der Waals surface area contributed by atoms with E-state index in [0.29, 0.717) is 12.0 Å². The lowest BCUT2D eigenvalue weighted by atomic mass is 9.98. The summed E-state index contributed by atoms with van der Waals surface area (Å²) in [6.45, 7) is 5.51. The second kappa shape index (κ2) is 15.3. The minimum absolute atomic E-state index is 0.0243. The van der Waals surface area contributed by atoms with Crippen LogP contribution in [-0.2, 0) is 32.5 Å². The molecule has 1 aromatic heterocycles. The lowest BCUT2D eigenvalue weighted by Gasteiger charge is -2.29. The molecular weight excluding hydrogens is 637 g/mol. The molecule has 10 heteroatoms. The van der Waals surface area contributed by atoms with Gasteiger partial charge in [0, 0.05) is 42.6 Å². The van der Waals surface area contributed by atoms with Gasteiger partial charge in [-0.2, -0.15) is 0 Å². The summed E-state index contributed by atoms with van der Waals surface area (Å²) >= 11 is 0. The van der Waals surface area contributed by atoms with E-state index in [2.05, 4.69) is 15.0 Å². The minimum atomic E-state index is -3.93. The zero-order valence-corrected chi connectivity index (χ0v) is 29.0. The summed E-state index contributed by atoms with van der Waals surface area (Å²) in [7, 11) is -2.35. The SMILES string of the molecule is CCCS(=O)(=O)NC(=O)[C@H](Cc1c[nH]c2ccccc12)NC(=O)[C@@H](Cc1ccc(-c2ccccc2)cc1)N(C)C(=O)c1cc(C)cc(C)c1. The van der Waals surface area contributed by atoms with E-state index in [1.54, 1.807) is 32.3 Å². The molecule has 0 unspecified atom stereocenters. The molecule has 0 spiro atoms. The Kier molecular flexibility index (Phi) is 11.0.